The molecular formula is C16H17ClN6O. The molecule has 4 rings (SSSR count). The van der Waals surface area contributed by atoms with Crippen LogP contribution in [0, 0.1) is 0 Å². The van der Waals surface area contributed by atoms with Gasteiger partial charge in [-0.15, -0.1) is 0 Å². The highest BCUT2D eigenvalue weighted by Gasteiger charge is 2.23. The van der Waals surface area contributed by atoms with Crippen LogP contribution in [0.2, 0.25) is 5.02 Å². The van der Waals surface area contributed by atoms with E-state index in [9.17, 15) is 5.11 Å². The number of aromatic nitrogens is 4. The van der Waals surface area contributed by atoms with Crippen molar-refractivity contribution in [3.8, 4) is 11.4 Å². The molecule has 2 unspecified atom stereocenters. The lowest BCUT2D eigenvalue weighted by atomic mass is 10.2. The molecule has 0 bridgehead atoms. The molecule has 1 aliphatic heterocycles. The molecule has 0 radical (unpaired) electrons. The van der Waals surface area contributed by atoms with E-state index in [-0.39, 0.29) is 18.7 Å². The van der Waals surface area contributed by atoms with Crippen LogP contribution in [0.1, 0.15) is 6.42 Å². The Kier molecular flexibility index (Phi) is 4.05. The molecule has 1 fully saturated rings. The molecule has 124 valence electrons. The normalized spacial score (nSPS) is 20.6. The van der Waals surface area contributed by atoms with Gasteiger partial charge < -0.3 is 15.7 Å². The average Bonchev–Trinajstić information content (AvgIpc) is 3.21. The van der Waals surface area contributed by atoms with E-state index >= 15 is 0 Å². The average molecular weight is 345 g/mol. The third-order valence-corrected chi connectivity index (χ3v) is 4.40. The van der Waals surface area contributed by atoms with Gasteiger partial charge in [0.15, 0.2) is 0 Å². The summed E-state index contributed by atoms with van der Waals surface area (Å²) in [4.78, 5) is 13.3. The van der Waals surface area contributed by atoms with Crippen molar-refractivity contribution in [1.82, 2.24) is 24.7 Å². The van der Waals surface area contributed by atoms with Crippen LogP contribution in [0.4, 0.5) is 5.82 Å². The van der Waals surface area contributed by atoms with E-state index in [4.69, 9.17) is 11.6 Å². The molecule has 3 aromatic rings. The molecule has 0 amide bonds. The van der Waals surface area contributed by atoms with Gasteiger partial charge in [0.25, 0.3) is 0 Å². The molecular weight excluding hydrogens is 328 g/mol. The van der Waals surface area contributed by atoms with Gasteiger partial charge in [0.2, 0.25) is 0 Å². The summed E-state index contributed by atoms with van der Waals surface area (Å²) >= 11 is 6.00. The van der Waals surface area contributed by atoms with E-state index in [2.05, 4.69) is 25.6 Å². The van der Waals surface area contributed by atoms with Crippen LogP contribution in [0.25, 0.3) is 17.0 Å². The van der Waals surface area contributed by atoms with Crippen molar-refractivity contribution in [2.45, 2.75) is 18.5 Å². The van der Waals surface area contributed by atoms with E-state index in [1.165, 1.54) is 0 Å². The van der Waals surface area contributed by atoms with Gasteiger partial charge in [-0.3, -0.25) is 9.38 Å². The zero-order valence-corrected chi connectivity index (χ0v) is 13.6. The Morgan fingerprint density at radius 1 is 1.38 bits per heavy atom. The van der Waals surface area contributed by atoms with E-state index in [1.54, 1.807) is 24.7 Å². The summed E-state index contributed by atoms with van der Waals surface area (Å²) in [6.07, 6.45) is 7.91. The number of rotatable bonds is 4. The number of anilines is 1. The van der Waals surface area contributed by atoms with Crippen molar-refractivity contribution < 1.29 is 5.11 Å². The second kappa shape index (κ2) is 6.35. The minimum Gasteiger partial charge on any atom is -0.395 e. The zero-order chi connectivity index (χ0) is 16.5. The fourth-order valence-corrected chi connectivity index (χ4v) is 3.14. The van der Waals surface area contributed by atoms with Gasteiger partial charge in [-0.25, -0.2) is 9.97 Å². The summed E-state index contributed by atoms with van der Waals surface area (Å²) in [6.45, 7) is 0.944. The number of hydrogen-bond donors (Lipinski definition) is 3. The molecule has 3 aromatic heterocycles. The summed E-state index contributed by atoms with van der Waals surface area (Å²) in [6, 6.07) is 3.99. The number of imidazole rings is 1. The zero-order valence-electron chi connectivity index (χ0n) is 12.9. The molecule has 2 atom stereocenters. The van der Waals surface area contributed by atoms with E-state index in [0.717, 1.165) is 30.0 Å². The number of aliphatic hydroxyl groups excluding tert-OH is 1. The van der Waals surface area contributed by atoms with Crippen molar-refractivity contribution in [3.05, 3.63) is 41.9 Å². The van der Waals surface area contributed by atoms with Crippen LogP contribution in [0.5, 0.6) is 0 Å². The number of aliphatic hydroxyl groups is 1. The van der Waals surface area contributed by atoms with Crippen LogP contribution in [-0.4, -0.2) is 49.7 Å². The maximum atomic E-state index is 9.20. The lowest BCUT2D eigenvalue weighted by Crippen LogP contribution is -2.25. The second-order valence-corrected chi connectivity index (χ2v) is 6.31. The monoisotopic (exact) mass is 344 g/mol. The first-order chi connectivity index (χ1) is 11.7. The highest BCUT2D eigenvalue weighted by atomic mass is 35.5. The molecule has 8 heteroatoms. The van der Waals surface area contributed by atoms with Crippen molar-refractivity contribution in [2.75, 3.05) is 18.5 Å². The first-order valence-corrected chi connectivity index (χ1v) is 8.16. The lowest BCUT2D eigenvalue weighted by molar-refractivity contribution is 0.254. The smallest absolute Gasteiger partial charge is 0.145 e. The van der Waals surface area contributed by atoms with Gasteiger partial charge in [-0.2, -0.15) is 0 Å². The molecule has 3 N–H and O–H groups in total. The summed E-state index contributed by atoms with van der Waals surface area (Å²) in [5.41, 5.74) is 2.36. The first-order valence-electron chi connectivity index (χ1n) is 7.79. The summed E-state index contributed by atoms with van der Waals surface area (Å²) in [5.74, 6) is 0.710. The number of hydrogen-bond acceptors (Lipinski definition) is 6. The first kappa shape index (κ1) is 15.3. The van der Waals surface area contributed by atoms with Crippen LogP contribution in [-0.2, 0) is 0 Å². The van der Waals surface area contributed by atoms with Gasteiger partial charge in [-0.1, -0.05) is 11.6 Å². The predicted octanol–water partition coefficient (Wildman–Crippen LogP) is 1.58. The van der Waals surface area contributed by atoms with Crippen molar-refractivity contribution in [2.24, 2.45) is 0 Å². The standard InChI is InChI=1S/C16H17ClN6O/c17-10-1-2-23-14(7-20-16(23)3-10)13-6-18-8-15(22-13)21-11-4-12(9-24)19-5-11/h1-3,6-8,11-12,19,24H,4-5,9H2,(H,21,22). The van der Waals surface area contributed by atoms with E-state index in [1.807, 2.05) is 16.7 Å². The fourth-order valence-electron chi connectivity index (χ4n) is 2.98. The van der Waals surface area contributed by atoms with E-state index < -0.39 is 0 Å². The third-order valence-electron chi connectivity index (χ3n) is 4.17. The van der Waals surface area contributed by atoms with Gasteiger partial charge in [0.05, 0.1) is 30.9 Å². The lowest BCUT2D eigenvalue weighted by Gasteiger charge is -2.12. The highest BCUT2D eigenvalue weighted by Crippen LogP contribution is 2.22. The number of halogens is 1. The fraction of sp³-hybridized carbons (Fsp3) is 0.312. The molecule has 1 aliphatic rings. The van der Waals surface area contributed by atoms with Crippen LogP contribution in [0.15, 0.2) is 36.9 Å². The Balaban J connectivity index is 1.60. The van der Waals surface area contributed by atoms with Gasteiger partial charge in [0.1, 0.15) is 17.2 Å². The van der Waals surface area contributed by atoms with Crippen molar-refractivity contribution >= 4 is 23.1 Å². The maximum absolute atomic E-state index is 9.20. The molecule has 1 saturated heterocycles. The van der Waals surface area contributed by atoms with Gasteiger partial charge in [-0.05, 0) is 12.5 Å². The molecule has 4 heterocycles. The predicted molar refractivity (Wildman–Crippen MR) is 92.1 cm³/mol. The molecule has 0 aliphatic carbocycles. The second-order valence-electron chi connectivity index (χ2n) is 5.87. The van der Waals surface area contributed by atoms with Gasteiger partial charge >= 0.3 is 0 Å². The Morgan fingerprint density at radius 3 is 3.12 bits per heavy atom. The number of fused-ring (bicyclic) bond motifs is 1. The molecule has 0 aromatic carbocycles. The maximum Gasteiger partial charge on any atom is 0.145 e. The highest BCUT2D eigenvalue weighted by molar-refractivity contribution is 6.30. The molecule has 0 saturated carbocycles. The number of nitrogens with zero attached hydrogens (tertiary/aromatic N) is 4. The van der Waals surface area contributed by atoms with Crippen LogP contribution >= 0.6 is 11.6 Å². The SMILES string of the molecule is OCC1CC(Nc2cncc(-c3cnc4cc(Cl)ccn34)n2)CN1. The van der Waals surface area contributed by atoms with Crippen molar-refractivity contribution in [3.63, 3.8) is 0 Å². The largest absolute Gasteiger partial charge is 0.395 e. The summed E-state index contributed by atoms with van der Waals surface area (Å²) in [7, 11) is 0. The summed E-state index contributed by atoms with van der Waals surface area (Å²) in [5, 5.41) is 16.5. The van der Waals surface area contributed by atoms with Gasteiger partial charge in [0, 0.05) is 35.9 Å². The van der Waals surface area contributed by atoms with Crippen LogP contribution in [0.3, 0.4) is 0 Å². The Hall–Kier alpha value is -2.22. The quantitative estimate of drug-likeness (QED) is 0.666. The topological polar surface area (TPSA) is 87.4 Å². The minimum absolute atomic E-state index is 0.141. The Bertz CT molecular complexity index is 867. The molecule has 0 spiro atoms. The van der Waals surface area contributed by atoms with Crippen molar-refractivity contribution in [1.29, 1.82) is 0 Å². The van der Waals surface area contributed by atoms with E-state index in [0.29, 0.717) is 10.8 Å². The molecule has 24 heavy (non-hydrogen) atoms. The number of pyridine rings is 1. The Labute approximate surface area is 143 Å². The third kappa shape index (κ3) is 2.93. The summed E-state index contributed by atoms with van der Waals surface area (Å²) < 4.78 is 1.93. The van der Waals surface area contributed by atoms with Crippen LogP contribution < -0.4 is 10.6 Å². The minimum atomic E-state index is 0.141. The molecule has 7 nitrogen and oxygen atoms in total. The number of nitrogens with one attached hydrogen (secondary N) is 2. The Morgan fingerprint density at radius 2 is 2.29 bits per heavy atom.